The highest BCUT2D eigenvalue weighted by atomic mass is 16.5. The number of benzene rings is 3. The van der Waals surface area contributed by atoms with Gasteiger partial charge >= 0.3 is 0 Å². The highest BCUT2D eigenvalue weighted by Gasteiger charge is 2.47. The Kier molecular flexibility index (Phi) is 5.66. The van der Waals surface area contributed by atoms with Crippen molar-refractivity contribution >= 4 is 23.1 Å². The number of amides is 1. The highest BCUT2D eigenvalue weighted by Crippen LogP contribution is 2.45. The van der Waals surface area contributed by atoms with Gasteiger partial charge in [-0.05, 0) is 48.0 Å². The summed E-state index contributed by atoms with van der Waals surface area (Å²) in [7, 11) is 2.91. The van der Waals surface area contributed by atoms with Crippen molar-refractivity contribution in [2.24, 2.45) is 0 Å². The number of aromatic hydroxyl groups is 2. The molecule has 168 valence electrons. The third-order valence-corrected chi connectivity index (χ3v) is 5.43. The summed E-state index contributed by atoms with van der Waals surface area (Å²) in [6.07, 6.45) is 0. The fourth-order valence-electron chi connectivity index (χ4n) is 3.90. The third-order valence-electron chi connectivity index (χ3n) is 5.43. The standard InChI is InChI=1S/C25H21NO7/c1-32-19-11-10-15(13-20(19)33-2)23(29)21-22(14-6-5-7-16(27)12-14)26(25(31)24(21)30)17-8-3-4-9-18(17)28/h3-13,22,27-29H,1-2H3/b23-21-. The van der Waals surface area contributed by atoms with Crippen LogP contribution in [0.4, 0.5) is 5.69 Å². The third kappa shape index (κ3) is 3.71. The second-order valence-corrected chi connectivity index (χ2v) is 7.32. The Bertz CT molecular complexity index is 1280. The van der Waals surface area contributed by atoms with E-state index in [0.29, 0.717) is 17.1 Å². The minimum atomic E-state index is -1.10. The monoisotopic (exact) mass is 447 g/mol. The van der Waals surface area contributed by atoms with E-state index in [2.05, 4.69) is 0 Å². The van der Waals surface area contributed by atoms with Crippen molar-refractivity contribution in [3.8, 4) is 23.0 Å². The molecule has 3 aromatic rings. The van der Waals surface area contributed by atoms with Gasteiger partial charge in [-0.25, -0.2) is 0 Å². The number of para-hydroxylation sites is 2. The van der Waals surface area contributed by atoms with Crippen LogP contribution in [0.5, 0.6) is 23.0 Å². The summed E-state index contributed by atoms with van der Waals surface area (Å²) < 4.78 is 10.5. The maximum Gasteiger partial charge on any atom is 0.300 e. The number of rotatable bonds is 5. The summed E-state index contributed by atoms with van der Waals surface area (Å²) in [5.74, 6) is -1.83. The molecule has 0 bridgehead atoms. The van der Waals surface area contributed by atoms with E-state index in [9.17, 15) is 24.9 Å². The number of carbonyl (C=O) groups excluding carboxylic acids is 2. The number of methoxy groups -OCH3 is 2. The number of hydrogen-bond donors (Lipinski definition) is 3. The van der Waals surface area contributed by atoms with Gasteiger partial charge in [0.1, 0.15) is 17.3 Å². The van der Waals surface area contributed by atoms with Gasteiger partial charge in [0.15, 0.2) is 11.5 Å². The zero-order chi connectivity index (χ0) is 23.7. The molecule has 8 heteroatoms. The molecule has 1 aliphatic heterocycles. The summed E-state index contributed by atoms with van der Waals surface area (Å²) in [6.45, 7) is 0. The van der Waals surface area contributed by atoms with Crippen LogP contribution >= 0.6 is 0 Å². The maximum atomic E-state index is 13.2. The lowest BCUT2D eigenvalue weighted by Gasteiger charge is -2.26. The van der Waals surface area contributed by atoms with Gasteiger partial charge in [0.05, 0.1) is 31.5 Å². The number of aliphatic hydroxyl groups is 1. The number of Topliss-reactive ketones (excluding diaryl/α,β-unsaturated/α-hetero) is 1. The molecule has 1 unspecified atom stereocenters. The first-order chi connectivity index (χ1) is 15.9. The second kappa shape index (κ2) is 8.58. The van der Waals surface area contributed by atoms with Crippen molar-refractivity contribution in [1.82, 2.24) is 0 Å². The van der Waals surface area contributed by atoms with Crippen molar-refractivity contribution in [3.63, 3.8) is 0 Å². The van der Waals surface area contributed by atoms with Crippen molar-refractivity contribution in [1.29, 1.82) is 0 Å². The van der Waals surface area contributed by atoms with Crippen LogP contribution in [0.15, 0.2) is 72.3 Å². The van der Waals surface area contributed by atoms with Crippen LogP contribution in [0, 0.1) is 0 Å². The predicted molar refractivity (Wildman–Crippen MR) is 121 cm³/mol. The van der Waals surface area contributed by atoms with Crippen molar-refractivity contribution < 1.29 is 34.4 Å². The second-order valence-electron chi connectivity index (χ2n) is 7.32. The number of phenolic OH excluding ortho intramolecular Hbond substituents is 2. The quantitative estimate of drug-likeness (QED) is 0.310. The first kappa shape index (κ1) is 21.8. The summed E-state index contributed by atoms with van der Waals surface area (Å²) in [5, 5.41) is 31.6. The molecular weight excluding hydrogens is 426 g/mol. The molecule has 0 spiro atoms. The first-order valence-electron chi connectivity index (χ1n) is 9.97. The molecule has 3 aromatic carbocycles. The van der Waals surface area contributed by atoms with Gasteiger partial charge in [-0.3, -0.25) is 14.5 Å². The molecule has 4 rings (SSSR count). The summed E-state index contributed by atoms with van der Waals surface area (Å²) in [5.41, 5.74) is 0.507. The zero-order valence-electron chi connectivity index (χ0n) is 17.9. The van der Waals surface area contributed by atoms with Crippen molar-refractivity contribution in [2.45, 2.75) is 6.04 Å². The van der Waals surface area contributed by atoms with E-state index in [1.165, 1.54) is 50.6 Å². The minimum absolute atomic E-state index is 0.0820. The van der Waals surface area contributed by atoms with E-state index < -0.39 is 23.5 Å². The van der Waals surface area contributed by atoms with Crippen LogP contribution < -0.4 is 14.4 Å². The fourth-order valence-corrected chi connectivity index (χ4v) is 3.90. The fraction of sp³-hybridized carbons (Fsp3) is 0.120. The molecule has 1 amide bonds. The molecule has 1 fully saturated rings. The summed E-state index contributed by atoms with van der Waals surface area (Å²) >= 11 is 0. The molecule has 0 saturated carbocycles. The molecule has 0 aromatic heterocycles. The summed E-state index contributed by atoms with van der Waals surface area (Å²) in [4.78, 5) is 27.4. The Labute approximate surface area is 189 Å². The molecule has 0 aliphatic carbocycles. The van der Waals surface area contributed by atoms with E-state index in [0.717, 1.165) is 4.90 Å². The number of ether oxygens (including phenoxy) is 2. The van der Waals surface area contributed by atoms with E-state index in [1.807, 2.05) is 0 Å². The van der Waals surface area contributed by atoms with Crippen LogP contribution in [-0.2, 0) is 9.59 Å². The topological polar surface area (TPSA) is 117 Å². The lowest BCUT2D eigenvalue weighted by molar-refractivity contribution is -0.132. The Morgan fingerprint density at radius 2 is 1.61 bits per heavy atom. The Hall–Kier alpha value is -4.46. The lowest BCUT2D eigenvalue weighted by atomic mass is 9.94. The van der Waals surface area contributed by atoms with Gasteiger partial charge < -0.3 is 24.8 Å². The van der Waals surface area contributed by atoms with Crippen LogP contribution in [0.25, 0.3) is 5.76 Å². The minimum Gasteiger partial charge on any atom is -0.508 e. The highest BCUT2D eigenvalue weighted by molar-refractivity contribution is 6.51. The number of hydrogen-bond acceptors (Lipinski definition) is 7. The van der Waals surface area contributed by atoms with E-state index in [1.54, 1.807) is 30.3 Å². The van der Waals surface area contributed by atoms with Crippen LogP contribution in [0.1, 0.15) is 17.2 Å². The number of carbonyl (C=O) groups is 2. The molecule has 1 aliphatic rings. The van der Waals surface area contributed by atoms with E-state index >= 15 is 0 Å². The van der Waals surface area contributed by atoms with Crippen LogP contribution in [-0.4, -0.2) is 41.2 Å². The smallest absolute Gasteiger partial charge is 0.300 e. The van der Waals surface area contributed by atoms with E-state index in [-0.39, 0.29) is 28.3 Å². The van der Waals surface area contributed by atoms with Crippen LogP contribution in [0.2, 0.25) is 0 Å². The Morgan fingerprint density at radius 1 is 0.879 bits per heavy atom. The Morgan fingerprint density at radius 3 is 2.27 bits per heavy atom. The molecule has 1 saturated heterocycles. The first-order valence-corrected chi connectivity index (χ1v) is 9.97. The molecule has 1 heterocycles. The van der Waals surface area contributed by atoms with Gasteiger partial charge in [-0.15, -0.1) is 0 Å². The number of aliphatic hydroxyl groups excluding tert-OH is 1. The van der Waals surface area contributed by atoms with Gasteiger partial charge in [-0.2, -0.15) is 0 Å². The zero-order valence-corrected chi connectivity index (χ0v) is 17.9. The van der Waals surface area contributed by atoms with Crippen molar-refractivity contribution in [2.75, 3.05) is 19.1 Å². The molecule has 1 atom stereocenters. The normalized spacial score (nSPS) is 17.3. The average Bonchev–Trinajstić information content (AvgIpc) is 3.08. The number of phenols is 2. The maximum absolute atomic E-state index is 13.2. The summed E-state index contributed by atoms with van der Waals surface area (Å²) in [6, 6.07) is 15.6. The van der Waals surface area contributed by atoms with Gasteiger partial charge in [0, 0.05) is 5.56 Å². The SMILES string of the molecule is COc1ccc(/C(O)=C2/C(=O)C(=O)N(c3ccccc3O)C2c2cccc(O)c2)cc1OC. The van der Waals surface area contributed by atoms with Gasteiger partial charge in [-0.1, -0.05) is 24.3 Å². The van der Waals surface area contributed by atoms with Crippen molar-refractivity contribution in [3.05, 3.63) is 83.4 Å². The molecule has 0 radical (unpaired) electrons. The number of anilines is 1. The number of ketones is 1. The lowest BCUT2D eigenvalue weighted by Crippen LogP contribution is -2.29. The van der Waals surface area contributed by atoms with E-state index in [4.69, 9.17) is 9.47 Å². The van der Waals surface area contributed by atoms with Crippen LogP contribution in [0.3, 0.4) is 0 Å². The molecular formula is C25H21NO7. The van der Waals surface area contributed by atoms with Gasteiger partial charge in [0.25, 0.3) is 11.7 Å². The average molecular weight is 447 g/mol. The largest absolute Gasteiger partial charge is 0.508 e. The van der Waals surface area contributed by atoms with Gasteiger partial charge in [0.2, 0.25) is 0 Å². The Balaban J connectivity index is 1.97. The molecule has 33 heavy (non-hydrogen) atoms. The molecule has 8 nitrogen and oxygen atoms in total. The molecule has 3 N–H and O–H groups in total. The number of nitrogens with zero attached hydrogens (tertiary/aromatic N) is 1. The predicted octanol–water partition coefficient (Wildman–Crippen LogP) is 3.74.